The number of aromatic nitrogens is 1. The van der Waals surface area contributed by atoms with Crippen molar-refractivity contribution in [3.63, 3.8) is 0 Å². The quantitative estimate of drug-likeness (QED) is 0.457. The third-order valence-electron chi connectivity index (χ3n) is 3.99. The molecule has 3 aromatic rings. The number of hydrogen-bond acceptors (Lipinski definition) is 6. The monoisotopic (exact) mass is 481 g/mol. The average molecular weight is 482 g/mol. The fourth-order valence-electron chi connectivity index (χ4n) is 2.61. The normalized spacial score (nSPS) is 11.6. The summed E-state index contributed by atoms with van der Waals surface area (Å²) in [5.74, 6) is -0.528. The maximum Gasteiger partial charge on any atom is 0.259 e. The lowest BCUT2D eigenvalue weighted by Crippen LogP contribution is -2.30. The molecule has 158 valence electrons. The van der Waals surface area contributed by atoms with Crippen LogP contribution in [0.5, 0.6) is 0 Å². The van der Waals surface area contributed by atoms with Crippen LogP contribution in [0.4, 0.5) is 5.13 Å². The smallest absolute Gasteiger partial charge is 0.259 e. The molecule has 2 aromatic carbocycles. The van der Waals surface area contributed by atoms with Crippen molar-refractivity contribution in [2.24, 2.45) is 0 Å². The minimum Gasteiger partial charge on any atom is -0.298 e. The SMILES string of the molecule is CSc1ccc(-c2csc(NC(=O)c3cc(S(=O)(=O)NC(C)C)ccc3Cl)n2)cc1. The van der Waals surface area contributed by atoms with Crippen LogP contribution in [0.1, 0.15) is 24.2 Å². The van der Waals surface area contributed by atoms with E-state index in [0.29, 0.717) is 5.13 Å². The highest BCUT2D eigenvalue weighted by Gasteiger charge is 2.20. The van der Waals surface area contributed by atoms with Gasteiger partial charge in [0.1, 0.15) is 0 Å². The number of halogens is 1. The van der Waals surface area contributed by atoms with E-state index in [0.717, 1.165) is 16.2 Å². The van der Waals surface area contributed by atoms with Crippen molar-refractivity contribution < 1.29 is 13.2 Å². The topological polar surface area (TPSA) is 88.2 Å². The highest BCUT2D eigenvalue weighted by Crippen LogP contribution is 2.28. The fourth-order valence-corrected chi connectivity index (χ4v) is 5.22. The summed E-state index contributed by atoms with van der Waals surface area (Å²) in [5.41, 5.74) is 1.74. The Balaban J connectivity index is 1.81. The number of nitrogens with zero attached hydrogens (tertiary/aromatic N) is 1. The second-order valence-corrected chi connectivity index (χ2v) is 10.5. The van der Waals surface area contributed by atoms with Crippen LogP contribution in [0.25, 0.3) is 11.3 Å². The summed E-state index contributed by atoms with van der Waals surface area (Å²) in [6, 6.07) is 11.7. The highest BCUT2D eigenvalue weighted by atomic mass is 35.5. The molecule has 0 aliphatic carbocycles. The third-order valence-corrected chi connectivity index (χ3v) is 7.48. The van der Waals surface area contributed by atoms with E-state index in [4.69, 9.17) is 11.6 Å². The Labute approximate surface area is 189 Å². The molecule has 0 bridgehead atoms. The molecular formula is C20H20ClN3O3S3. The van der Waals surface area contributed by atoms with E-state index < -0.39 is 15.9 Å². The number of benzene rings is 2. The Kier molecular flexibility index (Phi) is 7.20. The van der Waals surface area contributed by atoms with Crippen molar-refractivity contribution in [3.8, 4) is 11.3 Å². The van der Waals surface area contributed by atoms with Gasteiger partial charge in [-0.15, -0.1) is 23.1 Å². The molecule has 2 N–H and O–H groups in total. The summed E-state index contributed by atoms with van der Waals surface area (Å²) in [6.07, 6.45) is 2.01. The van der Waals surface area contributed by atoms with Gasteiger partial charge in [0, 0.05) is 21.9 Å². The molecule has 1 amide bonds. The maximum atomic E-state index is 12.7. The lowest BCUT2D eigenvalue weighted by molar-refractivity contribution is 0.102. The van der Waals surface area contributed by atoms with Crippen molar-refractivity contribution in [1.82, 2.24) is 9.71 Å². The third kappa shape index (κ3) is 5.41. The van der Waals surface area contributed by atoms with Gasteiger partial charge in [-0.25, -0.2) is 18.1 Å². The molecule has 0 atom stereocenters. The number of sulfonamides is 1. The van der Waals surface area contributed by atoms with Crippen LogP contribution in [-0.2, 0) is 10.0 Å². The molecule has 0 radical (unpaired) electrons. The van der Waals surface area contributed by atoms with Crippen LogP contribution in [-0.4, -0.2) is 31.6 Å². The number of nitrogens with one attached hydrogen (secondary N) is 2. The molecule has 0 aliphatic heterocycles. The fraction of sp³-hybridized carbons (Fsp3) is 0.200. The van der Waals surface area contributed by atoms with Crippen molar-refractivity contribution in [3.05, 3.63) is 58.4 Å². The van der Waals surface area contributed by atoms with Crippen molar-refractivity contribution in [2.45, 2.75) is 29.7 Å². The zero-order valence-corrected chi connectivity index (χ0v) is 19.7. The first-order valence-electron chi connectivity index (χ1n) is 8.93. The van der Waals surface area contributed by atoms with Gasteiger partial charge in [0.05, 0.1) is 21.2 Å². The average Bonchev–Trinajstić information content (AvgIpc) is 3.15. The van der Waals surface area contributed by atoms with Crippen LogP contribution in [0, 0.1) is 0 Å². The second-order valence-electron chi connectivity index (χ2n) is 6.64. The molecule has 0 aliphatic rings. The van der Waals surface area contributed by atoms with Crippen LogP contribution >= 0.6 is 34.7 Å². The second kappa shape index (κ2) is 9.49. The van der Waals surface area contributed by atoms with Gasteiger partial charge in [-0.05, 0) is 50.4 Å². The summed E-state index contributed by atoms with van der Waals surface area (Å²) in [6.45, 7) is 3.44. The van der Waals surface area contributed by atoms with Crippen molar-refractivity contribution in [1.29, 1.82) is 0 Å². The minimum atomic E-state index is -3.75. The molecule has 1 heterocycles. The number of anilines is 1. The number of carbonyl (C=O) groups is 1. The van der Waals surface area contributed by atoms with Crippen LogP contribution in [0.3, 0.4) is 0 Å². The standard InChI is InChI=1S/C20H20ClN3O3S3/c1-12(2)24-30(26,27)15-8-9-17(21)16(10-15)19(25)23-20-22-18(11-29-20)13-4-6-14(28-3)7-5-13/h4-12,24H,1-3H3,(H,22,23,25). The van der Waals surface area contributed by atoms with Gasteiger partial charge >= 0.3 is 0 Å². The molecule has 30 heavy (non-hydrogen) atoms. The number of hydrogen-bond donors (Lipinski definition) is 2. The number of thioether (sulfide) groups is 1. The lowest BCUT2D eigenvalue weighted by Gasteiger charge is -2.11. The minimum absolute atomic E-state index is 0.0283. The Bertz CT molecular complexity index is 1160. The number of carbonyl (C=O) groups excluding carboxylic acids is 1. The molecule has 0 unspecified atom stereocenters. The Hall–Kier alpha value is -1.91. The predicted molar refractivity (Wildman–Crippen MR) is 124 cm³/mol. The maximum absolute atomic E-state index is 12.7. The zero-order valence-electron chi connectivity index (χ0n) is 16.5. The first-order valence-corrected chi connectivity index (χ1v) is 12.9. The summed E-state index contributed by atoms with van der Waals surface area (Å²) in [7, 11) is -3.75. The van der Waals surface area contributed by atoms with E-state index in [1.807, 2.05) is 35.9 Å². The van der Waals surface area contributed by atoms with Gasteiger partial charge in [0.2, 0.25) is 10.0 Å². The molecule has 10 heteroatoms. The van der Waals surface area contributed by atoms with Crippen molar-refractivity contribution in [2.75, 3.05) is 11.6 Å². The van der Waals surface area contributed by atoms with Gasteiger partial charge in [0.25, 0.3) is 5.91 Å². The molecule has 1 aromatic heterocycles. The first-order chi connectivity index (χ1) is 14.2. The summed E-state index contributed by atoms with van der Waals surface area (Å²) in [4.78, 5) is 18.3. The van der Waals surface area contributed by atoms with Crippen LogP contribution < -0.4 is 10.0 Å². The zero-order chi connectivity index (χ0) is 21.9. The predicted octanol–water partition coefficient (Wildman–Crippen LogP) is 5.12. The molecular weight excluding hydrogens is 462 g/mol. The van der Waals surface area contributed by atoms with Crippen LogP contribution in [0.15, 0.2) is 57.6 Å². The van der Waals surface area contributed by atoms with Gasteiger partial charge in [-0.1, -0.05) is 23.7 Å². The number of thiazole rings is 1. The summed E-state index contributed by atoms with van der Waals surface area (Å²) >= 11 is 9.08. The van der Waals surface area contributed by atoms with Gasteiger partial charge in [-0.3, -0.25) is 10.1 Å². The highest BCUT2D eigenvalue weighted by molar-refractivity contribution is 7.98. The van der Waals surface area contributed by atoms with E-state index in [1.54, 1.807) is 25.6 Å². The lowest BCUT2D eigenvalue weighted by atomic mass is 10.2. The molecule has 6 nitrogen and oxygen atoms in total. The van der Waals surface area contributed by atoms with E-state index in [1.165, 1.54) is 29.5 Å². The molecule has 0 saturated carbocycles. The summed E-state index contributed by atoms with van der Waals surface area (Å²) in [5, 5.41) is 5.09. The molecule has 0 fully saturated rings. The van der Waals surface area contributed by atoms with E-state index in [9.17, 15) is 13.2 Å². The number of amides is 1. The first kappa shape index (κ1) is 22.8. The molecule has 0 saturated heterocycles. The Morgan fingerprint density at radius 1 is 1.17 bits per heavy atom. The van der Waals surface area contributed by atoms with Crippen molar-refractivity contribution >= 4 is 55.8 Å². The Morgan fingerprint density at radius 2 is 1.87 bits per heavy atom. The van der Waals surface area contributed by atoms with Gasteiger partial charge in [0.15, 0.2) is 5.13 Å². The summed E-state index contributed by atoms with van der Waals surface area (Å²) < 4.78 is 27.3. The number of rotatable bonds is 7. The van der Waals surface area contributed by atoms with Crippen LogP contribution in [0.2, 0.25) is 5.02 Å². The Morgan fingerprint density at radius 3 is 2.50 bits per heavy atom. The van der Waals surface area contributed by atoms with E-state index in [2.05, 4.69) is 15.0 Å². The molecule has 3 rings (SSSR count). The molecule has 0 spiro atoms. The van der Waals surface area contributed by atoms with E-state index in [-0.39, 0.29) is 21.5 Å². The van der Waals surface area contributed by atoms with E-state index >= 15 is 0 Å². The van der Waals surface area contributed by atoms with Gasteiger partial charge in [-0.2, -0.15) is 0 Å². The largest absolute Gasteiger partial charge is 0.298 e. The van der Waals surface area contributed by atoms with Gasteiger partial charge < -0.3 is 0 Å².